The van der Waals surface area contributed by atoms with Crippen molar-refractivity contribution < 1.29 is 4.42 Å². The number of fused-ring (bicyclic) bond motifs is 8. The van der Waals surface area contributed by atoms with Crippen LogP contribution >= 0.6 is 0 Å². The molecule has 0 atom stereocenters. The first kappa shape index (κ1) is 31.2. The Labute approximate surface area is 318 Å². The minimum atomic E-state index is 0.871. The second-order valence-electron chi connectivity index (χ2n) is 14.2. The lowest BCUT2D eigenvalue weighted by molar-refractivity contribution is 0.669. The van der Waals surface area contributed by atoms with Gasteiger partial charge in [0.1, 0.15) is 11.2 Å². The third-order valence-electron chi connectivity index (χ3n) is 11.0. The Hall–Kier alpha value is -7.36. The van der Waals surface area contributed by atoms with Crippen molar-refractivity contribution in [2.75, 3.05) is 4.90 Å². The Morgan fingerprint density at radius 2 is 0.945 bits per heavy atom. The molecule has 0 spiro atoms. The van der Waals surface area contributed by atoms with Gasteiger partial charge in [0.15, 0.2) is 0 Å². The van der Waals surface area contributed by atoms with Crippen LogP contribution in [0.2, 0.25) is 0 Å². The summed E-state index contributed by atoms with van der Waals surface area (Å²) < 4.78 is 8.78. The highest BCUT2D eigenvalue weighted by atomic mass is 16.3. The molecule has 258 valence electrons. The van der Waals surface area contributed by atoms with Gasteiger partial charge in [0.2, 0.25) is 0 Å². The van der Waals surface area contributed by atoms with Gasteiger partial charge in [-0.25, -0.2) is 0 Å². The Bertz CT molecular complexity index is 3190. The van der Waals surface area contributed by atoms with Gasteiger partial charge in [0.05, 0.1) is 11.0 Å². The standard InChI is InChI=1S/C52H34N2O/c1-2-11-35(12-3-1)39-14-10-15-42(33-39)53(43-30-32-47-46-18-7-9-20-50(46)55-51(47)34-43)40-26-21-36(22-27-40)37-23-28-41(29-24-37)54-49-19-8-6-17-45(49)48-31-25-38-13-4-5-16-44(38)52(48)54/h1-34H. The number of nitrogens with zero attached hydrogens (tertiary/aromatic N) is 2. The molecular formula is C52H34N2O. The molecule has 3 nitrogen and oxygen atoms in total. The Kier molecular flexibility index (Phi) is 7.17. The van der Waals surface area contributed by atoms with Gasteiger partial charge in [-0.05, 0) is 88.3 Å². The van der Waals surface area contributed by atoms with E-state index in [0.717, 1.165) is 50.3 Å². The van der Waals surface area contributed by atoms with Gasteiger partial charge in [-0.2, -0.15) is 0 Å². The molecule has 0 radical (unpaired) electrons. The zero-order chi connectivity index (χ0) is 36.3. The highest BCUT2D eigenvalue weighted by molar-refractivity contribution is 6.18. The fourth-order valence-electron chi connectivity index (χ4n) is 8.36. The number of para-hydroxylation sites is 2. The minimum Gasteiger partial charge on any atom is -0.456 e. The third kappa shape index (κ3) is 5.20. The molecule has 0 bridgehead atoms. The molecule has 0 aliphatic carbocycles. The molecule has 55 heavy (non-hydrogen) atoms. The number of anilines is 3. The first-order chi connectivity index (χ1) is 27.3. The first-order valence-electron chi connectivity index (χ1n) is 18.8. The first-order valence-corrected chi connectivity index (χ1v) is 18.8. The van der Waals surface area contributed by atoms with Crippen LogP contribution in [0.25, 0.3) is 82.5 Å². The van der Waals surface area contributed by atoms with Crippen molar-refractivity contribution in [3.8, 4) is 27.9 Å². The molecule has 0 aliphatic heterocycles. The second kappa shape index (κ2) is 12.6. The fourth-order valence-corrected chi connectivity index (χ4v) is 8.36. The summed E-state index contributed by atoms with van der Waals surface area (Å²) in [4.78, 5) is 2.32. The van der Waals surface area contributed by atoms with Gasteiger partial charge in [-0.3, -0.25) is 0 Å². The monoisotopic (exact) mass is 702 g/mol. The van der Waals surface area contributed by atoms with Crippen LogP contribution in [0.4, 0.5) is 17.1 Å². The lowest BCUT2D eigenvalue weighted by atomic mass is 10.0. The van der Waals surface area contributed by atoms with Crippen molar-refractivity contribution in [2.24, 2.45) is 0 Å². The molecule has 0 saturated heterocycles. The number of benzene rings is 9. The summed E-state index contributed by atoms with van der Waals surface area (Å²) in [7, 11) is 0. The smallest absolute Gasteiger partial charge is 0.137 e. The molecule has 0 N–H and O–H groups in total. The summed E-state index contributed by atoms with van der Waals surface area (Å²) in [6.45, 7) is 0. The summed E-state index contributed by atoms with van der Waals surface area (Å²) >= 11 is 0. The molecule has 2 aromatic heterocycles. The molecular weight excluding hydrogens is 669 g/mol. The van der Waals surface area contributed by atoms with Crippen LogP contribution in [0, 0.1) is 0 Å². The summed E-state index contributed by atoms with van der Waals surface area (Å²) in [6, 6.07) is 73.9. The molecule has 0 unspecified atom stereocenters. The second-order valence-corrected chi connectivity index (χ2v) is 14.2. The quantitative estimate of drug-likeness (QED) is 0.172. The number of aromatic nitrogens is 1. The van der Waals surface area contributed by atoms with E-state index in [1.54, 1.807) is 0 Å². The maximum absolute atomic E-state index is 6.36. The van der Waals surface area contributed by atoms with Crippen LogP contribution in [0.5, 0.6) is 0 Å². The maximum atomic E-state index is 6.36. The number of hydrogen-bond acceptors (Lipinski definition) is 2. The normalized spacial score (nSPS) is 11.6. The van der Waals surface area contributed by atoms with Crippen molar-refractivity contribution in [2.45, 2.75) is 0 Å². The molecule has 2 heterocycles. The van der Waals surface area contributed by atoms with Gasteiger partial charge in [0, 0.05) is 55.7 Å². The van der Waals surface area contributed by atoms with E-state index in [4.69, 9.17) is 4.42 Å². The van der Waals surface area contributed by atoms with Gasteiger partial charge in [0.25, 0.3) is 0 Å². The molecule has 0 saturated carbocycles. The highest BCUT2D eigenvalue weighted by Crippen LogP contribution is 2.41. The van der Waals surface area contributed by atoms with E-state index in [1.165, 1.54) is 49.3 Å². The van der Waals surface area contributed by atoms with E-state index >= 15 is 0 Å². The molecule has 9 aromatic carbocycles. The van der Waals surface area contributed by atoms with Crippen molar-refractivity contribution in [1.29, 1.82) is 0 Å². The lowest BCUT2D eigenvalue weighted by Crippen LogP contribution is -2.10. The van der Waals surface area contributed by atoms with Gasteiger partial charge >= 0.3 is 0 Å². The fraction of sp³-hybridized carbons (Fsp3) is 0. The number of furan rings is 1. The average Bonchev–Trinajstić information content (AvgIpc) is 3.80. The zero-order valence-electron chi connectivity index (χ0n) is 29.9. The molecule has 11 rings (SSSR count). The highest BCUT2D eigenvalue weighted by Gasteiger charge is 2.18. The van der Waals surface area contributed by atoms with Crippen LogP contribution in [0.15, 0.2) is 211 Å². The van der Waals surface area contributed by atoms with Crippen molar-refractivity contribution in [1.82, 2.24) is 4.57 Å². The molecule has 3 heteroatoms. The number of rotatable bonds is 6. The van der Waals surface area contributed by atoms with Crippen molar-refractivity contribution in [3.05, 3.63) is 206 Å². The summed E-state index contributed by atoms with van der Waals surface area (Å²) in [5.41, 5.74) is 13.2. The largest absolute Gasteiger partial charge is 0.456 e. The van der Waals surface area contributed by atoms with Crippen molar-refractivity contribution >= 4 is 71.6 Å². The zero-order valence-corrected chi connectivity index (χ0v) is 29.9. The van der Waals surface area contributed by atoms with Crippen LogP contribution in [-0.2, 0) is 0 Å². The lowest BCUT2D eigenvalue weighted by Gasteiger charge is -2.26. The Morgan fingerprint density at radius 1 is 0.345 bits per heavy atom. The maximum Gasteiger partial charge on any atom is 0.137 e. The van der Waals surface area contributed by atoms with E-state index in [0.29, 0.717) is 0 Å². The minimum absolute atomic E-state index is 0.871. The van der Waals surface area contributed by atoms with Gasteiger partial charge in [-0.1, -0.05) is 140 Å². The Morgan fingerprint density at radius 3 is 1.78 bits per heavy atom. The third-order valence-corrected chi connectivity index (χ3v) is 11.0. The van der Waals surface area contributed by atoms with Crippen LogP contribution < -0.4 is 4.90 Å². The van der Waals surface area contributed by atoms with Crippen molar-refractivity contribution in [3.63, 3.8) is 0 Å². The molecule has 11 aromatic rings. The van der Waals surface area contributed by atoms with Gasteiger partial charge < -0.3 is 13.9 Å². The summed E-state index contributed by atoms with van der Waals surface area (Å²) in [6.07, 6.45) is 0. The molecule has 0 fully saturated rings. The summed E-state index contributed by atoms with van der Waals surface area (Å²) in [5.74, 6) is 0. The molecule has 0 aliphatic rings. The van der Waals surface area contributed by atoms with E-state index in [2.05, 4.69) is 204 Å². The van der Waals surface area contributed by atoms with E-state index < -0.39 is 0 Å². The van der Waals surface area contributed by atoms with Crippen LogP contribution in [0.3, 0.4) is 0 Å². The van der Waals surface area contributed by atoms with Crippen LogP contribution in [-0.4, -0.2) is 4.57 Å². The summed E-state index contributed by atoms with van der Waals surface area (Å²) in [5, 5.41) is 7.28. The predicted octanol–water partition coefficient (Wildman–Crippen LogP) is 14.6. The van der Waals surface area contributed by atoms with Crippen LogP contribution in [0.1, 0.15) is 0 Å². The van der Waals surface area contributed by atoms with E-state index in [-0.39, 0.29) is 0 Å². The van der Waals surface area contributed by atoms with E-state index in [9.17, 15) is 0 Å². The predicted molar refractivity (Wildman–Crippen MR) is 231 cm³/mol. The average molecular weight is 703 g/mol. The Balaban J connectivity index is 0.993. The SMILES string of the molecule is c1ccc(-c2cccc(N(c3ccc(-c4ccc(-n5c6ccccc6c6ccc7ccccc7c65)cc4)cc3)c3ccc4c(c3)oc3ccccc34)c2)cc1. The van der Waals surface area contributed by atoms with E-state index in [1.807, 2.05) is 12.1 Å². The number of hydrogen-bond donors (Lipinski definition) is 0. The van der Waals surface area contributed by atoms with Gasteiger partial charge in [-0.15, -0.1) is 0 Å². The topological polar surface area (TPSA) is 21.3 Å². The molecule has 0 amide bonds.